The number of nitrogens with one attached hydrogen (secondary N) is 1. The van der Waals surface area contributed by atoms with E-state index in [1.807, 2.05) is 36.4 Å². The fourth-order valence-corrected chi connectivity index (χ4v) is 6.46. The van der Waals surface area contributed by atoms with Crippen molar-refractivity contribution in [1.29, 1.82) is 0 Å². The standard InChI is InChI=1S/C26H28N2O3S2/c1-3-20-11-12-24-23(16-20)22-9-4-5-10-25(22)33(30,31)28(24)17-26(29)27-13-14-32-18-21-8-6-7-19(2)15-21/h4-12,15-16H,3,13-14,17-18H2,1-2H3,(H,27,29). The van der Waals surface area contributed by atoms with Crippen molar-refractivity contribution in [3.8, 4) is 11.1 Å². The second kappa shape index (κ2) is 10.0. The Morgan fingerprint density at radius 2 is 1.79 bits per heavy atom. The van der Waals surface area contributed by atoms with Gasteiger partial charge in [0.15, 0.2) is 0 Å². The number of amides is 1. The highest BCUT2D eigenvalue weighted by atomic mass is 32.2. The lowest BCUT2D eigenvalue weighted by molar-refractivity contribution is -0.119. The molecule has 0 unspecified atom stereocenters. The van der Waals surface area contributed by atoms with Crippen LogP contribution in [0.2, 0.25) is 0 Å². The molecule has 172 valence electrons. The van der Waals surface area contributed by atoms with Gasteiger partial charge in [-0.15, -0.1) is 0 Å². The molecular formula is C26H28N2O3S2. The number of rotatable bonds is 8. The molecule has 0 spiro atoms. The summed E-state index contributed by atoms with van der Waals surface area (Å²) in [6.07, 6.45) is 0.850. The van der Waals surface area contributed by atoms with Gasteiger partial charge >= 0.3 is 0 Å². The Morgan fingerprint density at radius 1 is 0.970 bits per heavy atom. The first-order valence-electron chi connectivity index (χ1n) is 11.0. The summed E-state index contributed by atoms with van der Waals surface area (Å²) in [6.45, 7) is 4.39. The minimum atomic E-state index is -3.82. The van der Waals surface area contributed by atoms with Crippen molar-refractivity contribution in [3.05, 3.63) is 83.4 Å². The molecule has 0 aromatic heterocycles. The molecule has 1 amide bonds. The Labute approximate surface area is 200 Å². The fraction of sp³-hybridized carbons (Fsp3) is 0.269. The largest absolute Gasteiger partial charge is 0.354 e. The van der Waals surface area contributed by atoms with Crippen molar-refractivity contribution in [2.45, 2.75) is 30.9 Å². The molecule has 3 aromatic carbocycles. The van der Waals surface area contributed by atoms with Gasteiger partial charge in [-0.1, -0.05) is 61.0 Å². The first-order valence-corrected chi connectivity index (χ1v) is 13.6. The minimum Gasteiger partial charge on any atom is -0.354 e. The first-order chi connectivity index (χ1) is 15.9. The van der Waals surface area contributed by atoms with Crippen molar-refractivity contribution >= 4 is 33.4 Å². The number of aryl methyl sites for hydroxylation is 2. The van der Waals surface area contributed by atoms with Crippen LogP contribution in [0.4, 0.5) is 5.69 Å². The molecule has 5 nitrogen and oxygen atoms in total. The summed E-state index contributed by atoms with van der Waals surface area (Å²) in [7, 11) is -3.82. The molecule has 1 aliphatic heterocycles. The summed E-state index contributed by atoms with van der Waals surface area (Å²) in [5.74, 6) is 1.33. The number of hydrogen-bond acceptors (Lipinski definition) is 4. The average molecular weight is 481 g/mol. The van der Waals surface area contributed by atoms with Crippen LogP contribution in [0.5, 0.6) is 0 Å². The zero-order chi connectivity index (χ0) is 23.4. The zero-order valence-electron chi connectivity index (χ0n) is 18.9. The lowest BCUT2D eigenvalue weighted by Gasteiger charge is -2.32. The van der Waals surface area contributed by atoms with E-state index >= 15 is 0 Å². The summed E-state index contributed by atoms with van der Waals surface area (Å²) < 4.78 is 28.0. The Morgan fingerprint density at radius 3 is 2.58 bits per heavy atom. The van der Waals surface area contributed by atoms with E-state index in [9.17, 15) is 13.2 Å². The molecular weight excluding hydrogens is 452 g/mol. The Bertz CT molecular complexity index is 1270. The second-order valence-corrected chi connectivity index (χ2v) is 11.0. The summed E-state index contributed by atoms with van der Waals surface area (Å²) in [6, 6.07) is 21.1. The molecule has 0 bridgehead atoms. The molecule has 0 radical (unpaired) electrons. The number of fused-ring (bicyclic) bond motifs is 3. The maximum absolute atomic E-state index is 13.4. The summed E-state index contributed by atoms with van der Waals surface area (Å²) >= 11 is 1.74. The molecule has 4 rings (SSSR count). The highest BCUT2D eigenvalue weighted by molar-refractivity contribution is 7.98. The van der Waals surface area contributed by atoms with Gasteiger partial charge in [0, 0.05) is 29.2 Å². The number of carbonyl (C=O) groups is 1. The van der Waals surface area contributed by atoms with E-state index in [0.29, 0.717) is 17.8 Å². The molecule has 1 N–H and O–H groups in total. The lowest BCUT2D eigenvalue weighted by atomic mass is 9.99. The van der Waals surface area contributed by atoms with Crippen LogP contribution in [-0.4, -0.2) is 33.2 Å². The van der Waals surface area contributed by atoms with Crippen molar-refractivity contribution in [2.75, 3.05) is 23.1 Å². The average Bonchev–Trinajstić information content (AvgIpc) is 2.81. The molecule has 3 aromatic rings. The number of nitrogens with zero attached hydrogens (tertiary/aromatic N) is 1. The number of hydrogen-bond donors (Lipinski definition) is 1. The Kier molecular flexibility index (Phi) is 7.10. The number of thioether (sulfide) groups is 1. The van der Waals surface area contributed by atoms with Crippen LogP contribution < -0.4 is 9.62 Å². The maximum Gasteiger partial charge on any atom is 0.265 e. The van der Waals surface area contributed by atoms with Crippen LogP contribution in [-0.2, 0) is 27.0 Å². The van der Waals surface area contributed by atoms with Crippen molar-refractivity contribution in [3.63, 3.8) is 0 Å². The third-order valence-corrected chi connectivity index (χ3v) is 8.54. The third kappa shape index (κ3) is 5.09. The Hall–Kier alpha value is -2.77. The van der Waals surface area contributed by atoms with E-state index in [-0.39, 0.29) is 17.3 Å². The van der Waals surface area contributed by atoms with Crippen LogP contribution in [0.1, 0.15) is 23.6 Å². The van der Waals surface area contributed by atoms with Gasteiger partial charge in [0.25, 0.3) is 10.0 Å². The highest BCUT2D eigenvalue weighted by Crippen LogP contribution is 2.43. The number of carbonyl (C=O) groups excluding carboxylic acids is 1. The van der Waals surface area contributed by atoms with E-state index in [0.717, 1.165) is 29.1 Å². The highest BCUT2D eigenvalue weighted by Gasteiger charge is 2.35. The molecule has 0 fully saturated rings. The smallest absolute Gasteiger partial charge is 0.265 e. The number of benzene rings is 3. The molecule has 7 heteroatoms. The lowest BCUT2D eigenvalue weighted by Crippen LogP contribution is -2.43. The van der Waals surface area contributed by atoms with E-state index < -0.39 is 10.0 Å². The van der Waals surface area contributed by atoms with E-state index in [4.69, 9.17) is 0 Å². The van der Waals surface area contributed by atoms with E-state index in [2.05, 4.69) is 37.4 Å². The van der Waals surface area contributed by atoms with Crippen LogP contribution in [0, 0.1) is 6.92 Å². The predicted octanol–water partition coefficient (Wildman–Crippen LogP) is 4.78. The molecule has 33 heavy (non-hydrogen) atoms. The molecule has 1 heterocycles. The van der Waals surface area contributed by atoms with Crippen LogP contribution >= 0.6 is 11.8 Å². The SMILES string of the molecule is CCc1ccc2c(c1)-c1ccccc1S(=O)(=O)N2CC(=O)NCCSCc1cccc(C)c1. The van der Waals surface area contributed by atoms with Crippen LogP contribution in [0.15, 0.2) is 71.6 Å². The van der Waals surface area contributed by atoms with Gasteiger partial charge in [0.2, 0.25) is 5.91 Å². The van der Waals surface area contributed by atoms with E-state index in [1.54, 1.807) is 23.9 Å². The summed E-state index contributed by atoms with van der Waals surface area (Å²) in [5, 5.41) is 2.88. The van der Waals surface area contributed by atoms with E-state index in [1.165, 1.54) is 15.4 Å². The minimum absolute atomic E-state index is 0.238. The first kappa shape index (κ1) is 23.4. The zero-order valence-corrected chi connectivity index (χ0v) is 20.5. The summed E-state index contributed by atoms with van der Waals surface area (Å²) in [5.41, 5.74) is 5.70. The van der Waals surface area contributed by atoms with Crippen LogP contribution in [0.25, 0.3) is 11.1 Å². The number of anilines is 1. The molecule has 0 atom stereocenters. The van der Waals surface area contributed by atoms with Crippen molar-refractivity contribution in [1.82, 2.24) is 5.32 Å². The third-order valence-electron chi connectivity index (χ3n) is 5.69. The number of sulfonamides is 1. The van der Waals surface area contributed by atoms with Gasteiger partial charge in [-0.2, -0.15) is 11.8 Å². The van der Waals surface area contributed by atoms with Crippen molar-refractivity contribution in [2.24, 2.45) is 0 Å². The molecule has 0 aliphatic carbocycles. The van der Waals surface area contributed by atoms with Gasteiger partial charge in [0.05, 0.1) is 10.6 Å². The molecule has 0 saturated heterocycles. The van der Waals surface area contributed by atoms with Gasteiger partial charge < -0.3 is 5.32 Å². The maximum atomic E-state index is 13.4. The van der Waals surface area contributed by atoms with Crippen LogP contribution in [0.3, 0.4) is 0 Å². The normalized spacial score (nSPS) is 13.8. The molecule has 0 saturated carbocycles. The van der Waals surface area contributed by atoms with Gasteiger partial charge in [0.1, 0.15) is 6.54 Å². The summed E-state index contributed by atoms with van der Waals surface area (Å²) in [4.78, 5) is 12.9. The fourth-order valence-electron chi connectivity index (χ4n) is 4.01. The monoisotopic (exact) mass is 480 g/mol. The van der Waals surface area contributed by atoms with Gasteiger partial charge in [-0.05, 0) is 42.7 Å². The quantitative estimate of drug-likeness (QED) is 0.471. The second-order valence-electron chi connectivity index (χ2n) is 8.10. The Balaban J connectivity index is 1.43. The van der Waals surface area contributed by atoms with Crippen molar-refractivity contribution < 1.29 is 13.2 Å². The van der Waals surface area contributed by atoms with Gasteiger partial charge in [-0.25, -0.2) is 8.42 Å². The topological polar surface area (TPSA) is 66.5 Å². The molecule has 1 aliphatic rings. The van der Waals surface area contributed by atoms with Gasteiger partial charge in [-0.3, -0.25) is 9.10 Å². The predicted molar refractivity (Wildman–Crippen MR) is 136 cm³/mol.